The molecule has 120 valence electrons. The van der Waals surface area contributed by atoms with Gasteiger partial charge in [-0.2, -0.15) is 0 Å². The van der Waals surface area contributed by atoms with Gasteiger partial charge in [-0.05, 0) is 12.8 Å². The number of unbranched alkanes of at least 4 members (excludes halogenated alkanes) is 2. The van der Waals surface area contributed by atoms with Crippen LogP contribution in [0, 0.1) is 0 Å². The minimum atomic E-state index is -1.43. The van der Waals surface area contributed by atoms with Gasteiger partial charge in [-0.25, -0.2) is 0 Å². The van der Waals surface area contributed by atoms with Gasteiger partial charge >= 0.3 is 0 Å². The van der Waals surface area contributed by atoms with Crippen molar-refractivity contribution in [3.8, 4) is 0 Å². The van der Waals surface area contributed by atoms with Crippen LogP contribution in [0.3, 0.4) is 0 Å². The molecule has 20 heavy (non-hydrogen) atoms. The smallest absolute Gasteiger partial charge is 0.115 e. The molecular weight excluding hydrogens is 264 g/mol. The van der Waals surface area contributed by atoms with Crippen LogP contribution in [-0.4, -0.2) is 70.3 Å². The van der Waals surface area contributed by atoms with E-state index in [9.17, 15) is 20.4 Å². The Balaban J connectivity index is 2.69. The van der Waals surface area contributed by atoms with Crippen LogP contribution in [0.25, 0.3) is 0 Å². The summed E-state index contributed by atoms with van der Waals surface area (Å²) >= 11 is 0. The van der Waals surface area contributed by atoms with Gasteiger partial charge in [-0.15, -0.1) is 0 Å². The molecule has 0 saturated heterocycles. The van der Waals surface area contributed by atoms with E-state index in [0.29, 0.717) is 13.2 Å². The minimum Gasteiger partial charge on any atom is -0.387 e. The molecule has 6 heteroatoms. The fraction of sp³-hybridized carbons (Fsp3) is 1.00. The summed E-state index contributed by atoms with van der Waals surface area (Å²) in [5.41, 5.74) is 0. The summed E-state index contributed by atoms with van der Waals surface area (Å²) in [6, 6.07) is 0. The van der Waals surface area contributed by atoms with Gasteiger partial charge < -0.3 is 29.9 Å². The third-order valence-corrected chi connectivity index (χ3v) is 3.66. The first-order valence-corrected chi connectivity index (χ1v) is 7.50. The first kappa shape index (κ1) is 17.8. The molecule has 0 bridgehead atoms. The fourth-order valence-corrected chi connectivity index (χ4v) is 2.30. The Hall–Kier alpha value is -0.240. The van der Waals surface area contributed by atoms with E-state index in [4.69, 9.17) is 9.47 Å². The van der Waals surface area contributed by atoms with Crippen molar-refractivity contribution in [3.63, 3.8) is 0 Å². The second-order valence-electron chi connectivity index (χ2n) is 5.34. The molecule has 0 radical (unpaired) electrons. The van der Waals surface area contributed by atoms with Crippen molar-refractivity contribution in [2.24, 2.45) is 0 Å². The fourth-order valence-electron chi connectivity index (χ4n) is 2.30. The molecule has 0 unspecified atom stereocenters. The SMILES string of the molecule is CCCCO[C@@H]1[C@H](O)[C@@H](O)[C@H](O)[C@@H](O)[C@@H]1OCCCC. The number of aliphatic hydroxyl groups excluding tert-OH is 4. The second-order valence-corrected chi connectivity index (χ2v) is 5.34. The quantitative estimate of drug-likeness (QED) is 0.463. The van der Waals surface area contributed by atoms with Crippen LogP contribution in [0.1, 0.15) is 39.5 Å². The molecule has 1 saturated carbocycles. The van der Waals surface area contributed by atoms with Gasteiger partial charge in [0.25, 0.3) is 0 Å². The first-order chi connectivity index (χ1) is 9.54. The standard InChI is InChI=1S/C14H28O6/c1-3-5-7-19-13-11(17)9(15)10(16)12(18)14(13)20-8-6-4-2/h9-18H,3-8H2,1-2H3/t9-,10-,11+,12+,13-,14+/m0/s1. The molecule has 0 aliphatic heterocycles. The highest BCUT2D eigenvalue weighted by molar-refractivity contribution is 5.00. The van der Waals surface area contributed by atoms with Crippen LogP contribution in [0.5, 0.6) is 0 Å². The number of aliphatic hydroxyl groups is 4. The zero-order valence-corrected chi connectivity index (χ0v) is 12.3. The lowest BCUT2D eigenvalue weighted by Crippen LogP contribution is -2.65. The lowest BCUT2D eigenvalue weighted by Gasteiger charge is -2.43. The van der Waals surface area contributed by atoms with Crippen LogP contribution >= 0.6 is 0 Å². The Labute approximate surface area is 120 Å². The molecule has 1 aliphatic rings. The molecule has 4 N–H and O–H groups in total. The third kappa shape index (κ3) is 4.38. The monoisotopic (exact) mass is 292 g/mol. The largest absolute Gasteiger partial charge is 0.387 e. The summed E-state index contributed by atoms with van der Waals surface area (Å²) in [5.74, 6) is 0. The van der Waals surface area contributed by atoms with Crippen molar-refractivity contribution in [1.82, 2.24) is 0 Å². The second kappa shape index (κ2) is 8.92. The zero-order valence-electron chi connectivity index (χ0n) is 12.3. The highest BCUT2D eigenvalue weighted by atomic mass is 16.6. The maximum absolute atomic E-state index is 10.0. The summed E-state index contributed by atoms with van der Waals surface area (Å²) in [5, 5.41) is 39.5. The summed E-state index contributed by atoms with van der Waals surface area (Å²) in [6.45, 7) is 4.87. The predicted molar refractivity (Wildman–Crippen MR) is 73.3 cm³/mol. The molecule has 1 fully saturated rings. The van der Waals surface area contributed by atoms with Crippen LogP contribution in [0.4, 0.5) is 0 Å². The molecule has 6 nitrogen and oxygen atoms in total. The van der Waals surface area contributed by atoms with Gasteiger partial charge in [0.05, 0.1) is 0 Å². The van der Waals surface area contributed by atoms with E-state index < -0.39 is 36.6 Å². The van der Waals surface area contributed by atoms with Gasteiger partial charge in [0.2, 0.25) is 0 Å². The highest BCUT2D eigenvalue weighted by Crippen LogP contribution is 2.26. The molecule has 1 aliphatic carbocycles. The van der Waals surface area contributed by atoms with Gasteiger partial charge in [0, 0.05) is 13.2 Å². The van der Waals surface area contributed by atoms with Gasteiger partial charge in [-0.1, -0.05) is 26.7 Å². The van der Waals surface area contributed by atoms with E-state index in [1.807, 2.05) is 13.8 Å². The number of hydrogen-bond acceptors (Lipinski definition) is 6. The highest BCUT2D eigenvalue weighted by Gasteiger charge is 2.50. The predicted octanol–water partition coefficient (Wildman–Crippen LogP) is -0.186. The van der Waals surface area contributed by atoms with Crippen molar-refractivity contribution >= 4 is 0 Å². The normalized spacial score (nSPS) is 38.1. The maximum atomic E-state index is 10.0. The summed E-state index contributed by atoms with van der Waals surface area (Å²) in [6.07, 6.45) is -3.52. The first-order valence-electron chi connectivity index (χ1n) is 7.50. The maximum Gasteiger partial charge on any atom is 0.115 e. The topological polar surface area (TPSA) is 99.4 Å². The average Bonchev–Trinajstić information content (AvgIpc) is 2.45. The molecule has 1 rings (SSSR count). The lowest BCUT2D eigenvalue weighted by atomic mass is 9.84. The summed E-state index contributed by atoms with van der Waals surface area (Å²) in [7, 11) is 0. The third-order valence-electron chi connectivity index (χ3n) is 3.66. The molecule has 0 spiro atoms. The van der Waals surface area contributed by atoms with Crippen LogP contribution in [0.2, 0.25) is 0 Å². The van der Waals surface area contributed by atoms with E-state index in [2.05, 4.69) is 0 Å². The van der Waals surface area contributed by atoms with Crippen molar-refractivity contribution < 1.29 is 29.9 Å². The lowest BCUT2D eigenvalue weighted by molar-refractivity contribution is -0.246. The van der Waals surface area contributed by atoms with Crippen molar-refractivity contribution in [2.45, 2.75) is 76.2 Å². The Bertz CT molecular complexity index is 236. The van der Waals surface area contributed by atoms with Crippen LogP contribution in [-0.2, 0) is 9.47 Å². The molecule has 0 amide bonds. The average molecular weight is 292 g/mol. The van der Waals surface area contributed by atoms with E-state index in [-0.39, 0.29) is 0 Å². The zero-order chi connectivity index (χ0) is 15.1. The summed E-state index contributed by atoms with van der Waals surface area (Å²) in [4.78, 5) is 0. The number of ether oxygens (including phenoxy) is 2. The number of rotatable bonds is 8. The van der Waals surface area contributed by atoms with Crippen molar-refractivity contribution in [2.75, 3.05) is 13.2 Å². The molecular formula is C14H28O6. The minimum absolute atomic E-state index is 0.418. The Kier molecular flexibility index (Phi) is 7.94. The molecule has 6 atom stereocenters. The molecule has 0 aromatic rings. The number of hydrogen-bond donors (Lipinski definition) is 4. The van der Waals surface area contributed by atoms with Crippen molar-refractivity contribution in [1.29, 1.82) is 0 Å². The Morgan fingerprint density at radius 2 is 1.00 bits per heavy atom. The summed E-state index contributed by atoms with van der Waals surface area (Å²) < 4.78 is 11.1. The van der Waals surface area contributed by atoms with Gasteiger partial charge in [0.1, 0.15) is 36.6 Å². The molecule has 0 aromatic carbocycles. The Morgan fingerprint density at radius 1 is 0.650 bits per heavy atom. The molecule has 0 aromatic heterocycles. The van der Waals surface area contributed by atoms with E-state index in [1.54, 1.807) is 0 Å². The van der Waals surface area contributed by atoms with E-state index in [0.717, 1.165) is 25.7 Å². The van der Waals surface area contributed by atoms with Crippen LogP contribution < -0.4 is 0 Å². The molecule has 0 heterocycles. The van der Waals surface area contributed by atoms with E-state index in [1.165, 1.54) is 0 Å². The van der Waals surface area contributed by atoms with Gasteiger partial charge in [-0.3, -0.25) is 0 Å². The van der Waals surface area contributed by atoms with Crippen LogP contribution in [0.15, 0.2) is 0 Å². The van der Waals surface area contributed by atoms with Gasteiger partial charge in [0.15, 0.2) is 0 Å². The van der Waals surface area contributed by atoms with E-state index >= 15 is 0 Å². The van der Waals surface area contributed by atoms with Crippen molar-refractivity contribution in [3.05, 3.63) is 0 Å². The Morgan fingerprint density at radius 3 is 1.30 bits per heavy atom.